The highest BCUT2D eigenvalue weighted by molar-refractivity contribution is 6.04. The number of terminal acetylenes is 1. The molecule has 0 spiro atoms. The lowest BCUT2D eigenvalue weighted by atomic mass is 10.1. The number of nitrogens with one attached hydrogen (secondary N) is 1. The Balaban J connectivity index is 1.57. The van der Waals surface area contributed by atoms with Crippen LogP contribution in [0.4, 0.5) is 5.69 Å². The highest BCUT2D eigenvalue weighted by Crippen LogP contribution is 2.11. The monoisotopic (exact) mass is 369 g/mol. The molecule has 3 aromatic rings. The highest BCUT2D eigenvalue weighted by atomic mass is 16.1. The van der Waals surface area contributed by atoms with Crippen LogP contribution in [0.3, 0.4) is 0 Å². The van der Waals surface area contributed by atoms with E-state index in [9.17, 15) is 9.59 Å². The van der Waals surface area contributed by atoms with Gasteiger partial charge in [0.25, 0.3) is 0 Å². The smallest absolute Gasteiger partial charge is 0.228 e. The first-order chi connectivity index (χ1) is 13.5. The van der Waals surface area contributed by atoms with E-state index in [4.69, 9.17) is 6.42 Å². The molecule has 1 aromatic heterocycles. The van der Waals surface area contributed by atoms with Crippen molar-refractivity contribution < 1.29 is 9.59 Å². The number of nitrogens with zero attached hydrogens (tertiary/aromatic N) is 2. The van der Waals surface area contributed by atoms with Gasteiger partial charge >= 0.3 is 0 Å². The molecule has 5 nitrogen and oxygen atoms in total. The fourth-order valence-electron chi connectivity index (χ4n) is 2.64. The lowest BCUT2D eigenvalue weighted by Crippen LogP contribution is -2.14. The summed E-state index contributed by atoms with van der Waals surface area (Å²) >= 11 is 0. The van der Waals surface area contributed by atoms with Gasteiger partial charge in [0, 0.05) is 30.7 Å². The van der Waals surface area contributed by atoms with Gasteiger partial charge in [-0.25, -0.2) is 4.98 Å². The Bertz CT molecular complexity index is 1050. The van der Waals surface area contributed by atoms with Gasteiger partial charge in [0.2, 0.25) is 11.7 Å². The summed E-state index contributed by atoms with van der Waals surface area (Å²) in [5.41, 5.74) is 3.22. The average Bonchev–Trinajstić information content (AvgIpc) is 3.14. The molecule has 5 heteroatoms. The number of benzene rings is 2. The van der Waals surface area contributed by atoms with Crippen molar-refractivity contribution in [1.82, 2.24) is 9.55 Å². The summed E-state index contributed by atoms with van der Waals surface area (Å²) in [6.45, 7) is 0. The number of carbonyl (C=O) groups is 2. The summed E-state index contributed by atoms with van der Waals surface area (Å²) in [5, 5.41) is 2.84. The number of allylic oxidation sites excluding steroid dienone is 1. The third kappa shape index (κ3) is 4.83. The second kappa shape index (κ2) is 8.65. The molecule has 0 saturated heterocycles. The van der Waals surface area contributed by atoms with Crippen molar-refractivity contribution in [2.45, 2.75) is 6.42 Å². The number of hydrogen-bond acceptors (Lipinski definition) is 3. The van der Waals surface area contributed by atoms with Gasteiger partial charge in [0.1, 0.15) is 0 Å². The Morgan fingerprint density at radius 1 is 1.14 bits per heavy atom. The van der Waals surface area contributed by atoms with Crippen LogP contribution < -0.4 is 5.32 Å². The Kier molecular flexibility index (Phi) is 5.83. The molecule has 1 N–H and O–H groups in total. The molecule has 3 rings (SSSR count). The number of aromatic nitrogens is 2. The number of carbonyl (C=O) groups excluding carboxylic acids is 2. The molecule has 0 bridgehead atoms. The van der Waals surface area contributed by atoms with E-state index in [1.807, 2.05) is 24.3 Å². The Morgan fingerprint density at radius 3 is 2.46 bits per heavy atom. The first-order valence-electron chi connectivity index (χ1n) is 8.70. The van der Waals surface area contributed by atoms with E-state index < -0.39 is 0 Å². The second-order valence-corrected chi connectivity index (χ2v) is 6.25. The molecule has 1 heterocycles. The van der Waals surface area contributed by atoms with Crippen LogP contribution in [-0.4, -0.2) is 21.2 Å². The Hall–Kier alpha value is -3.91. The lowest BCUT2D eigenvalue weighted by Gasteiger charge is -2.06. The maximum atomic E-state index is 12.2. The van der Waals surface area contributed by atoms with E-state index in [2.05, 4.69) is 16.2 Å². The predicted molar refractivity (Wildman–Crippen MR) is 110 cm³/mol. The van der Waals surface area contributed by atoms with Gasteiger partial charge in [0.15, 0.2) is 5.82 Å². The molecule has 0 aliphatic rings. The van der Waals surface area contributed by atoms with E-state index in [1.54, 1.807) is 54.3 Å². The molecule has 2 aromatic carbocycles. The minimum absolute atomic E-state index is 0.110. The average molecular weight is 369 g/mol. The van der Waals surface area contributed by atoms with Crippen molar-refractivity contribution in [1.29, 1.82) is 0 Å². The third-order valence-corrected chi connectivity index (χ3v) is 4.15. The number of ketones is 1. The molecule has 0 unspecified atom stereocenters. The van der Waals surface area contributed by atoms with Crippen molar-refractivity contribution >= 4 is 23.5 Å². The molecule has 138 valence electrons. The third-order valence-electron chi connectivity index (χ3n) is 4.15. The molecule has 0 atom stereocenters. The van der Waals surface area contributed by atoms with Crippen LogP contribution in [0, 0.1) is 12.3 Å². The second-order valence-electron chi connectivity index (χ2n) is 6.25. The van der Waals surface area contributed by atoms with Crippen LogP contribution in [0.25, 0.3) is 6.08 Å². The summed E-state index contributed by atoms with van der Waals surface area (Å²) < 4.78 is 1.68. The number of rotatable bonds is 6. The maximum Gasteiger partial charge on any atom is 0.228 e. The SMILES string of the molecule is C#Cc1ccc(NC(=O)Cc2ccc(/C=C/C(=O)c3nccn3C)cc2)cc1. The van der Waals surface area contributed by atoms with Crippen LogP contribution in [0.2, 0.25) is 0 Å². The quantitative estimate of drug-likeness (QED) is 0.411. The van der Waals surface area contributed by atoms with Gasteiger partial charge in [-0.2, -0.15) is 0 Å². The lowest BCUT2D eigenvalue weighted by molar-refractivity contribution is -0.115. The van der Waals surface area contributed by atoms with Gasteiger partial charge in [-0.05, 0) is 41.5 Å². The van der Waals surface area contributed by atoms with Crippen molar-refractivity contribution in [3.05, 3.63) is 89.5 Å². The number of hydrogen-bond donors (Lipinski definition) is 1. The van der Waals surface area contributed by atoms with E-state index in [-0.39, 0.29) is 18.1 Å². The number of imidazole rings is 1. The van der Waals surface area contributed by atoms with E-state index in [0.29, 0.717) is 11.5 Å². The minimum atomic E-state index is -0.160. The summed E-state index contributed by atoms with van der Waals surface area (Å²) in [4.78, 5) is 28.3. The largest absolute Gasteiger partial charge is 0.331 e. The predicted octanol–water partition coefficient (Wildman–Crippen LogP) is 3.48. The number of amides is 1. The zero-order valence-corrected chi connectivity index (χ0v) is 15.4. The minimum Gasteiger partial charge on any atom is -0.331 e. The standard InChI is InChI=1S/C23H19N3O2/c1-3-17-8-11-20(12-9-17)25-22(28)16-19-6-4-18(5-7-19)10-13-21(27)23-24-14-15-26(23)2/h1,4-15H,16H2,2H3,(H,25,28)/b13-10+. The Morgan fingerprint density at radius 2 is 1.86 bits per heavy atom. The van der Waals surface area contributed by atoms with Crippen LogP contribution in [0.15, 0.2) is 67.0 Å². The molecular weight excluding hydrogens is 350 g/mol. The van der Waals surface area contributed by atoms with Gasteiger partial charge in [-0.1, -0.05) is 36.3 Å². The zero-order valence-electron chi connectivity index (χ0n) is 15.4. The van der Waals surface area contributed by atoms with Crippen LogP contribution in [0.1, 0.15) is 27.3 Å². The van der Waals surface area contributed by atoms with Gasteiger partial charge in [0.05, 0.1) is 6.42 Å². The first-order valence-corrected chi connectivity index (χ1v) is 8.70. The van der Waals surface area contributed by atoms with Crippen molar-refractivity contribution in [3.8, 4) is 12.3 Å². The fourth-order valence-corrected chi connectivity index (χ4v) is 2.64. The van der Waals surface area contributed by atoms with E-state index in [1.165, 1.54) is 6.08 Å². The van der Waals surface area contributed by atoms with Crippen molar-refractivity contribution in [2.24, 2.45) is 7.05 Å². The van der Waals surface area contributed by atoms with E-state index >= 15 is 0 Å². The molecule has 0 aliphatic carbocycles. The molecular formula is C23H19N3O2. The van der Waals surface area contributed by atoms with Crippen molar-refractivity contribution in [2.75, 3.05) is 5.32 Å². The highest BCUT2D eigenvalue weighted by Gasteiger charge is 2.07. The van der Waals surface area contributed by atoms with Crippen LogP contribution in [-0.2, 0) is 18.3 Å². The molecule has 0 radical (unpaired) electrons. The Labute approximate surface area is 163 Å². The molecule has 0 saturated carbocycles. The molecule has 28 heavy (non-hydrogen) atoms. The van der Waals surface area contributed by atoms with Gasteiger partial charge < -0.3 is 9.88 Å². The number of aryl methyl sites for hydroxylation is 1. The summed E-state index contributed by atoms with van der Waals surface area (Å²) in [7, 11) is 1.78. The maximum absolute atomic E-state index is 12.2. The molecule has 1 amide bonds. The molecule has 0 aliphatic heterocycles. The van der Waals surface area contributed by atoms with E-state index in [0.717, 1.165) is 16.7 Å². The molecule has 0 fully saturated rings. The van der Waals surface area contributed by atoms with Crippen LogP contribution in [0.5, 0.6) is 0 Å². The van der Waals surface area contributed by atoms with Gasteiger partial charge in [-0.15, -0.1) is 6.42 Å². The topological polar surface area (TPSA) is 64.0 Å². The normalized spacial score (nSPS) is 10.6. The zero-order chi connectivity index (χ0) is 19.9. The summed E-state index contributed by atoms with van der Waals surface area (Å²) in [5.74, 6) is 2.66. The first kappa shape index (κ1) is 18.9. The summed E-state index contributed by atoms with van der Waals surface area (Å²) in [6.07, 6.45) is 12.1. The van der Waals surface area contributed by atoms with Crippen molar-refractivity contribution in [3.63, 3.8) is 0 Å². The summed E-state index contributed by atoms with van der Waals surface area (Å²) in [6, 6.07) is 14.6. The van der Waals surface area contributed by atoms with Crippen LogP contribution >= 0.6 is 0 Å². The number of anilines is 1. The fraction of sp³-hybridized carbons (Fsp3) is 0.0870. The van der Waals surface area contributed by atoms with Gasteiger partial charge in [-0.3, -0.25) is 9.59 Å².